The predicted molar refractivity (Wildman–Crippen MR) is 49.9 cm³/mol. The first-order valence-corrected chi connectivity index (χ1v) is 4.25. The fourth-order valence-corrected chi connectivity index (χ4v) is 0.956. The maximum Gasteiger partial charge on any atom is 0.125 e. The smallest absolute Gasteiger partial charge is 0.125 e. The highest BCUT2D eigenvalue weighted by atomic mass is 15.0. The monoisotopic (exact) mass is 167 g/mol. The Hall–Kier alpha value is -0.830. The van der Waals surface area contributed by atoms with E-state index in [-0.39, 0.29) is 5.54 Å². The van der Waals surface area contributed by atoms with Crippen molar-refractivity contribution < 1.29 is 0 Å². The van der Waals surface area contributed by atoms with E-state index in [0.29, 0.717) is 5.92 Å². The molecule has 0 aromatic carbocycles. The molecule has 3 nitrogen and oxygen atoms in total. The molecule has 0 saturated heterocycles. The van der Waals surface area contributed by atoms with Crippen molar-refractivity contribution in [3.63, 3.8) is 0 Å². The normalized spacial score (nSPS) is 12.5. The maximum absolute atomic E-state index is 5.88. The van der Waals surface area contributed by atoms with Crippen molar-refractivity contribution in [1.29, 1.82) is 0 Å². The summed E-state index contributed by atoms with van der Waals surface area (Å²) < 4.78 is 0. The average Bonchev–Trinajstić information content (AvgIpc) is 2.30. The number of hydrogen-bond acceptors (Lipinski definition) is 2. The molecule has 1 aromatic heterocycles. The third-order valence-corrected chi connectivity index (χ3v) is 1.83. The Balaban J connectivity index is 2.92. The Kier molecular flexibility index (Phi) is 2.24. The fourth-order valence-electron chi connectivity index (χ4n) is 0.956. The summed E-state index contributed by atoms with van der Waals surface area (Å²) >= 11 is 0. The molecule has 68 valence electrons. The van der Waals surface area contributed by atoms with Crippen LogP contribution < -0.4 is 5.73 Å². The highest BCUT2D eigenvalue weighted by Crippen LogP contribution is 2.16. The first kappa shape index (κ1) is 9.26. The Morgan fingerprint density at radius 3 is 2.33 bits per heavy atom. The molecule has 0 aliphatic carbocycles. The summed E-state index contributed by atoms with van der Waals surface area (Å²) in [7, 11) is 0. The lowest BCUT2D eigenvalue weighted by atomic mass is 10.1. The van der Waals surface area contributed by atoms with E-state index in [1.807, 2.05) is 20.0 Å². The van der Waals surface area contributed by atoms with Gasteiger partial charge in [0.15, 0.2) is 0 Å². The number of nitrogens with one attached hydrogen (secondary N) is 1. The van der Waals surface area contributed by atoms with Crippen LogP contribution in [0.4, 0.5) is 0 Å². The quantitative estimate of drug-likeness (QED) is 0.704. The number of aromatic amines is 1. The topological polar surface area (TPSA) is 54.7 Å². The minimum atomic E-state index is -0.368. The number of H-pyrrole nitrogens is 1. The molecule has 0 radical (unpaired) electrons. The molecule has 0 aliphatic rings. The van der Waals surface area contributed by atoms with Crippen molar-refractivity contribution in [3.05, 3.63) is 17.7 Å². The van der Waals surface area contributed by atoms with Crippen LogP contribution in [0.5, 0.6) is 0 Å². The van der Waals surface area contributed by atoms with Crippen LogP contribution in [0.15, 0.2) is 6.20 Å². The summed E-state index contributed by atoms with van der Waals surface area (Å²) in [4.78, 5) is 7.44. The van der Waals surface area contributed by atoms with E-state index in [4.69, 9.17) is 5.73 Å². The van der Waals surface area contributed by atoms with Crippen LogP contribution in [-0.4, -0.2) is 9.97 Å². The van der Waals surface area contributed by atoms with Gasteiger partial charge in [-0.15, -0.1) is 0 Å². The molecule has 12 heavy (non-hydrogen) atoms. The van der Waals surface area contributed by atoms with Crippen molar-refractivity contribution in [2.24, 2.45) is 5.73 Å². The van der Waals surface area contributed by atoms with Gasteiger partial charge in [-0.3, -0.25) is 0 Å². The highest BCUT2D eigenvalue weighted by molar-refractivity contribution is 5.10. The van der Waals surface area contributed by atoms with Gasteiger partial charge in [0, 0.05) is 11.9 Å². The van der Waals surface area contributed by atoms with Crippen molar-refractivity contribution in [3.8, 4) is 0 Å². The highest BCUT2D eigenvalue weighted by Gasteiger charge is 2.18. The molecular weight excluding hydrogens is 150 g/mol. The molecule has 0 aliphatic heterocycles. The second-order valence-electron chi connectivity index (χ2n) is 4.06. The molecule has 3 N–H and O–H groups in total. The SMILES string of the molecule is CC(C)c1cnc(C(C)(C)N)[nH]1. The van der Waals surface area contributed by atoms with Crippen LogP contribution in [0.25, 0.3) is 0 Å². The van der Waals surface area contributed by atoms with Crippen LogP contribution in [0, 0.1) is 0 Å². The molecular formula is C9H17N3. The summed E-state index contributed by atoms with van der Waals surface area (Å²) in [5.41, 5.74) is 6.65. The van der Waals surface area contributed by atoms with Crippen LogP contribution >= 0.6 is 0 Å². The van der Waals surface area contributed by atoms with Crippen molar-refractivity contribution >= 4 is 0 Å². The Morgan fingerprint density at radius 1 is 1.50 bits per heavy atom. The van der Waals surface area contributed by atoms with Crippen LogP contribution in [0.1, 0.15) is 45.1 Å². The largest absolute Gasteiger partial charge is 0.344 e. The predicted octanol–water partition coefficient (Wildman–Crippen LogP) is 1.73. The van der Waals surface area contributed by atoms with Gasteiger partial charge < -0.3 is 10.7 Å². The zero-order valence-corrected chi connectivity index (χ0v) is 8.18. The zero-order valence-electron chi connectivity index (χ0n) is 8.18. The van der Waals surface area contributed by atoms with Gasteiger partial charge in [0.2, 0.25) is 0 Å². The summed E-state index contributed by atoms with van der Waals surface area (Å²) in [6.07, 6.45) is 1.86. The standard InChI is InChI=1S/C9H17N3/c1-6(2)7-5-11-8(12-7)9(3,4)10/h5-6H,10H2,1-4H3,(H,11,12). The molecule has 0 atom stereocenters. The summed E-state index contributed by atoms with van der Waals surface area (Å²) in [5, 5.41) is 0. The molecule has 0 spiro atoms. The number of nitrogens with zero attached hydrogens (tertiary/aromatic N) is 1. The maximum atomic E-state index is 5.88. The van der Waals surface area contributed by atoms with E-state index in [9.17, 15) is 0 Å². The lowest BCUT2D eigenvalue weighted by Gasteiger charge is -2.14. The summed E-state index contributed by atoms with van der Waals surface area (Å²) in [5.74, 6) is 1.33. The first-order valence-electron chi connectivity index (χ1n) is 4.25. The van der Waals surface area contributed by atoms with Crippen molar-refractivity contribution in [2.45, 2.75) is 39.2 Å². The number of imidazole rings is 1. The number of rotatable bonds is 2. The van der Waals surface area contributed by atoms with E-state index in [2.05, 4.69) is 23.8 Å². The average molecular weight is 167 g/mol. The van der Waals surface area contributed by atoms with Crippen LogP contribution in [0.3, 0.4) is 0 Å². The van der Waals surface area contributed by atoms with E-state index in [1.165, 1.54) is 0 Å². The molecule has 1 aromatic rings. The van der Waals surface area contributed by atoms with Gasteiger partial charge >= 0.3 is 0 Å². The number of nitrogens with two attached hydrogens (primary N) is 1. The second kappa shape index (κ2) is 2.90. The summed E-state index contributed by atoms with van der Waals surface area (Å²) in [6, 6.07) is 0. The molecule has 3 heteroatoms. The molecule has 0 bridgehead atoms. The Labute approximate surface area is 73.4 Å². The fraction of sp³-hybridized carbons (Fsp3) is 0.667. The molecule has 0 fully saturated rings. The van der Waals surface area contributed by atoms with Crippen molar-refractivity contribution in [2.75, 3.05) is 0 Å². The van der Waals surface area contributed by atoms with Gasteiger partial charge in [0.05, 0.1) is 5.54 Å². The van der Waals surface area contributed by atoms with Gasteiger partial charge in [0.25, 0.3) is 0 Å². The minimum absolute atomic E-state index is 0.368. The van der Waals surface area contributed by atoms with E-state index in [1.54, 1.807) is 0 Å². The Morgan fingerprint density at radius 2 is 2.08 bits per heavy atom. The van der Waals surface area contributed by atoms with E-state index in [0.717, 1.165) is 11.5 Å². The van der Waals surface area contributed by atoms with Gasteiger partial charge in [-0.25, -0.2) is 4.98 Å². The number of hydrogen-bond donors (Lipinski definition) is 2. The van der Waals surface area contributed by atoms with Gasteiger partial charge in [-0.1, -0.05) is 13.8 Å². The Bertz CT molecular complexity index is 255. The second-order valence-corrected chi connectivity index (χ2v) is 4.06. The van der Waals surface area contributed by atoms with E-state index >= 15 is 0 Å². The van der Waals surface area contributed by atoms with Crippen LogP contribution in [0.2, 0.25) is 0 Å². The number of aromatic nitrogens is 2. The minimum Gasteiger partial charge on any atom is -0.344 e. The van der Waals surface area contributed by atoms with Crippen LogP contribution in [-0.2, 0) is 5.54 Å². The molecule has 1 heterocycles. The third kappa shape index (κ3) is 1.85. The molecule has 0 amide bonds. The lowest BCUT2D eigenvalue weighted by molar-refractivity contribution is 0.518. The zero-order chi connectivity index (χ0) is 9.35. The molecule has 1 rings (SSSR count). The molecule has 0 unspecified atom stereocenters. The van der Waals surface area contributed by atoms with E-state index < -0.39 is 0 Å². The van der Waals surface area contributed by atoms with Crippen molar-refractivity contribution in [1.82, 2.24) is 9.97 Å². The lowest BCUT2D eigenvalue weighted by Crippen LogP contribution is -2.30. The van der Waals surface area contributed by atoms with Gasteiger partial charge in [0.1, 0.15) is 5.82 Å². The first-order chi connectivity index (χ1) is 5.41. The molecule has 0 saturated carbocycles. The van der Waals surface area contributed by atoms with Gasteiger partial charge in [-0.05, 0) is 19.8 Å². The van der Waals surface area contributed by atoms with Gasteiger partial charge in [-0.2, -0.15) is 0 Å². The third-order valence-electron chi connectivity index (χ3n) is 1.83. The summed E-state index contributed by atoms with van der Waals surface area (Å²) in [6.45, 7) is 8.13.